The Morgan fingerprint density at radius 2 is 1.52 bits per heavy atom. The maximum atomic E-state index is 13.2. The van der Waals surface area contributed by atoms with Crippen LogP contribution in [0.4, 0.5) is 0 Å². The fourth-order valence-electron chi connectivity index (χ4n) is 2.45. The van der Waals surface area contributed by atoms with Crippen molar-refractivity contribution < 1.29 is 9.35 Å². The molecule has 0 spiro atoms. The highest BCUT2D eigenvalue weighted by atomic mass is 32.2. The summed E-state index contributed by atoms with van der Waals surface area (Å²) in [5.74, 6) is -0.103. The molecule has 23 heavy (non-hydrogen) atoms. The summed E-state index contributed by atoms with van der Waals surface area (Å²) in [7, 11) is 3.46. The van der Waals surface area contributed by atoms with Crippen LogP contribution in [0.5, 0.6) is 0 Å². The van der Waals surface area contributed by atoms with E-state index >= 15 is 0 Å². The molecule has 0 saturated carbocycles. The second kappa shape index (κ2) is 6.83. The van der Waals surface area contributed by atoms with Gasteiger partial charge < -0.3 is 9.45 Å². The van der Waals surface area contributed by atoms with Gasteiger partial charge in [-0.05, 0) is 31.7 Å². The first-order valence-corrected chi connectivity index (χ1v) is 8.96. The van der Waals surface area contributed by atoms with Crippen LogP contribution < -0.4 is 4.72 Å². The SMILES string of the molecule is CN(C)C(=O)[C@](N[S+]([O-])C(C)(C)C)(c1ccccc1)C(C)(C)C. The zero-order chi connectivity index (χ0) is 18.1. The van der Waals surface area contributed by atoms with E-state index in [9.17, 15) is 9.35 Å². The third-order valence-electron chi connectivity index (χ3n) is 3.86. The van der Waals surface area contributed by atoms with E-state index in [1.165, 1.54) is 0 Å². The van der Waals surface area contributed by atoms with Gasteiger partial charge in [-0.1, -0.05) is 51.1 Å². The van der Waals surface area contributed by atoms with Gasteiger partial charge in [0, 0.05) is 25.5 Å². The lowest BCUT2D eigenvalue weighted by Crippen LogP contribution is -2.64. The molecule has 0 aromatic heterocycles. The molecule has 0 aliphatic rings. The number of amides is 1. The number of benzene rings is 1. The summed E-state index contributed by atoms with van der Waals surface area (Å²) in [4.78, 5) is 14.8. The van der Waals surface area contributed by atoms with Crippen LogP contribution in [0.1, 0.15) is 47.1 Å². The second-order valence-electron chi connectivity index (χ2n) is 8.05. The molecule has 4 nitrogen and oxygen atoms in total. The minimum absolute atomic E-state index is 0.103. The molecule has 0 bridgehead atoms. The van der Waals surface area contributed by atoms with Crippen molar-refractivity contribution in [1.29, 1.82) is 0 Å². The van der Waals surface area contributed by atoms with Crippen molar-refractivity contribution >= 4 is 17.3 Å². The smallest absolute Gasteiger partial charge is 0.251 e. The van der Waals surface area contributed by atoms with Crippen molar-refractivity contribution in [3.8, 4) is 0 Å². The van der Waals surface area contributed by atoms with Crippen LogP contribution in [0.15, 0.2) is 30.3 Å². The Bertz CT molecular complexity index is 532. The predicted octanol–water partition coefficient (Wildman–Crippen LogP) is 3.07. The Hall–Kier alpha value is -1.04. The normalized spacial score (nSPS) is 16.6. The molecule has 0 fully saturated rings. The first kappa shape index (κ1) is 20.0. The van der Waals surface area contributed by atoms with Crippen LogP contribution in [0, 0.1) is 5.41 Å². The van der Waals surface area contributed by atoms with Gasteiger partial charge in [-0.3, -0.25) is 4.79 Å². The largest absolute Gasteiger partial charge is 0.598 e. The summed E-state index contributed by atoms with van der Waals surface area (Å²) in [6.45, 7) is 11.7. The minimum atomic E-state index is -1.39. The maximum absolute atomic E-state index is 13.2. The molecule has 1 aromatic rings. The van der Waals surface area contributed by atoms with Gasteiger partial charge in [0.15, 0.2) is 5.54 Å². The van der Waals surface area contributed by atoms with Gasteiger partial charge in [-0.15, -0.1) is 4.72 Å². The molecule has 0 aliphatic carbocycles. The summed E-state index contributed by atoms with van der Waals surface area (Å²) in [6.07, 6.45) is 0. The zero-order valence-corrected chi connectivity index (χ0v) is 16.4. The van der Waals surface area contributed by atoms with Gasteiger partial charge >= 0.3 is 0 Å². The van der Waals surface area contributed by atoms with E-state index in [0.29, 0.717) is 0 Å². The van der Waals surface area contributed by atoms with Crippen molar-refractivity contribution in [2.75, 3.05) is 14.1 Å². The second-order valence-corrected chi connectivity index (χ2v) is 10.0. The molecule has 130 valence electrons. The predicted molar refractivity (Wildman–Crippen MR) is 97.3 cm³/mol. The zero-order valence-electron chi connectivity index (χ0n) is 15.6. The number of carbonyl (C=O) groups is 1. The van der Waals surface area contributed by atoms with E-state index in [1.54, 1.807) is 19.0 Å². The topological polar surface area (TPSA) is 55.4 Å². The average molecular weight is 339 g/mol. The summed E-state index contributed by atoms with van der Waals surface area (Å²) in [5, 5.41) is 0. The fourth-order valence-corrected chi connectivity index (χ4v) is 3.54. The molecule has 2 atom stereocenters. The molecule has 1 N–H and O–H groups in total. The Kier molecular flexibility index (Phi) is 5.94. The standard InChI is InChI=1S/C18H30N2O2S/c1-16(2,3)18(15(21)20(7)8,14-12-10-9-11-13-14)19-23(22)17(4,5)6/h9-13,19H,1-8H3/t18-,23?/m1/s1. The highest BCUT2D eigenvalue weighted by molar-refractivity contribution is 7.90. The van der Waals surface area contributed by atoms with Gasteiger partial charge in [-0.2, -0.15) is 0 Å². The van der Waals surface area contributed by atoms with Crippen LogP contribution in [-0.2, 0) is 21.7 Å². The number of hydrogen-bond donors (Lipinski definition) is 1. The summed E-state index contributed by atoms with van der Waals surface area (Å²) < 4.78 is 15.6. The van der Waals surface area contributed by atoms with E-state index in [0.717, 1.165) is 5.56 Å². The maximum Gasteiger partial charge on any atom is 0.251 e. The molecule has 0 heterocycles. The third kappa shape index (κ3) is 4.08. The van der Waals surface area contributed by atoms with E-state index in [2.05, 4.69) is 4.72 Å². The molecule has 0 radical (unpaired) electrons. The van der Waals surface area contributed by atoms with Crippen molar-refractivity contribution in [3.05, 3.63) is 35.9 Å². The Morgan fingerprint density at radius 3 is 1.87 bits per heavy atom. The van der Waals surface area contributed by atoms with Crippen molar-refractivity contribution in [2.24, 2.45) is 5.41 Å². The minimum Gasteiger partial charge on any atom is -0.598 e. The van der Waals surface area contributed by atoms with Crippen LogP contribution in [0.2, 0.25) is 0 Å². The number of carbonyl (C=O) groups excluding carboxylic acids is 1. The Labute approximate surface area is 144 Å². The lowest BCUT2D eigenvalue weighted by Gasteiger charge is -2.46. The van der Waals surface area contributed by atoms with Gasteiger partial charge in [0.1, 0.15) is 4.75 Å². The molecule has 5 heteroatoms. The van der Waals surface area contributed by atoms with Gasteiger partial charge in [0.05, 0.1) is 0 Å². The number of rotatable bonds is 4. The van der Waals surface area contributed by atoms with E-state index in [4.69, 9.17) is 0 Å². The lowest BCUT2D eigenvalue weighted by molar-refractivity contribution is -0.140. The Morgan fingerprint density at radius 1 is 1.04 bits per heavy atom. The van der Waals surface area contributed by atoms with Gasteiger partial charge in [0.2, 0.25) is 0 Å². The monoisotopic (exact) mass is 338 g/mol. The molecule has 1 unspecified atom stereocenters. The first-order valence-electron chi connectivity index (χ1n) is 7.81. The average Bonchev–Trinajstić information content (AvgIpc) is 2.42. The van der Waals surface area contributed by atoms with Crippen LogP contribution in [0.3, 0.4) is 0 Å². The molecule has 0 saturated heterocycles. The van der Waals surface area contributed by atoms with Crippen LogP contribution in [0.25, 0.3) is 0 Å². The fraction of sp³-hybridized carbons (Fsp3) is 0.611. The van der Waals surface area contributed by atoms with Gasteiger partial charge in [0.25, 0.3) is 5.91 Å². The molecule has 1 aromatic carbocycles. The molecule has 1 rings (SSSR count). The summed E-state index contributed by atoms with van der Waals surface area (Å²) in [5.41, 5.74) is -0.726. The first-order chi connectivity index (χ1) is 10.3. The third-order valence-corrected chi connectivity index (χ3v) is 5.46. The van der Waals surface area contributed by atoms with E-state index in [1.807, 2.05) is 71.9 Å². The molecular weight excluding hydrogens is 308 g/mol. The van der Waals surface area contributed by atoms with Crippen molar-refractivity contribution in [2.45, 2.75) is 51.8 Å². The molecule has 0 aliphatic heterocycles. The lowest BCUT2D eigenvalue weighted by atomic mass is 9.69. The highest BCUT2D eigenvalue weighted by Crippen LogP contribution is 2.42. The number of likely N-dealkylation sites (N-methyl/N-ethyl adjacent to an activating group) is 1. The summed E-state index contributed by atoms with van der Waals surface area (Å²) in [6, 6.07) is 9.55. The number of nitrogens with zero attached hydrogens (tertiary/aromatic N) is 1. The number of hydrogen-bond acceptors (Lipinski definition) is 3. The summed E-state index contributed by atoms with van der Waals surface area (Å²) >= 11 is -1.39. The van der Waals surface area contributed by atoms with Crippen molar-refractivity contribution in [1.82, 2.24) is 9.62 Å². The van der Waals surface area contributed by atoms with Crippen molar-refractivity contribution in [3.63, 3.8) is 0 Å². The van der Waals surface area contributed by atoms with E-state index < -0.39 is 27.1 Å². The van der Waals surface area contributed by atoms with E-state index in [-0.39, 0.29) is 5.91 Å². The highest BCUT2D eigenvalue weighted by Gasteiger charge is 2.55. The quantitative estimate of drug-likeness (QED) is 0.859. The Balaban J connectivity index is 3.58. The number of nitrogens with one attached hydrogen (secondary N) is 1. The molecule has 1 amide bonds. The van der Waals surface area contributed by atoms with Crippen LogP contribution >= 0.6 is 0 Å². The van der Waals surface area contributed by atoms with Gasteiger partial charge in [-0.25, -0.2) is 0 Å². The molecular formula is C18H30N2O2S. The van der Waals surface area contributed by atoms with Crippen LogP contribution in [-0.4, -0.2) is 34.2 Å².